The molecule has 2 aliphatic rings. The molecule has 0 spiro atoms. The zero-order valence-electron chi connectivity index (χ0n) is 39.8. The van der Waals surface area contributed by atoms with Crippen LogP contribution >= 0.6 is 0 Å². The molecule has 1 saturated heterocycles. The first-order chi connectivity index (χ1) is 34.3. The van der Waals surface area contributed by atoms with Crippen molar-refractivity contribution in [2.75, 3.05) is 157 Å². The average Bonchev–Trinajstić information content (AvgIpc) is 3.60. The molecule has 0 radical (unpaired) electrons. The fraction of sp³-hybridized carbons (Fsp3) is 0.638. The lowest BCUT2D eigenvalue weighted by molar-refractivity contribution is -0.384. The summed E-state index contributed by atoms with van der Waals surface area (Å²) in [5, 5.41) is 15.6. The molecule has 5 amide bonds. The number of nitro benzene ring substituents is 1. The van der Waals surface area contributed by atoms with Crippen LogP contribution in [0.2, 0.25) is 0 Å². The number of anilines is 1. The molecule has 390 valence electrons. The second kappa shape index (κ2) is 36.0. The van der Waals surface area contributed by atoms with E-state index in [-0.39, 0.29) is 47.7 Å². The number of fused-ring (bicyclic) bond motifs is 1. The predicted molar refractivity (Wildman–Crippen MR) is 248 cm³/mol. The van der Waals surface area contributed by atoms with Gasteiger partial charge in [0.2, 0.25) is 17.7 Å². The Morgan fingerprint density at radius 1 is 0.571 bits per heavy atom. The monoisotopic (exact) mass is 992 g/mol. The van der Waals surface area contributed by atoms with Crippen LogP contribution in [0, 0.1) is 10.1 Å². The predicted octanol–water partition coefficient (Wildman–Crippen LogP) is 2.76. The zero-order valence-corrected chi connectivity index (χ0v) is 39.8. The molecule has 1 fully saturated rings. The van der Waals surface area contributed by atoms with Crippen molar-refractivity contribution in [1.29, 1.82) is 0 Å². The van der Waals surface area contributed by atoms with Crippen LogP contribution < -0.4 is 15.4 Å². The highest BCUT2D eigenvalue weighted by Crippen LogP contribution is 2.32. The number of nitro groups is 1. The standard InChI is InChI=1S/C47H68N4O19/c52-42(48-40-6-4-5-39-44(40)47(56)50(46(39)55)41-12-13-43(53)49-45(41)54)7-2-1-3-14-59-15-16-60-17-18-61-19-20-62-21-22-63-23-24-64-25-26-65-27-28-66-29-30-67-31-32-68-33-34-69-35-36-70-38-10-8-37(9-11-38)51(57)58/h4-6,8-11,41H,1-3,7,12-36H2,(H,48,52)(H,49,53,54). The van der Waals surface area contributed by atoms with Gasteiger partial charge in [0.1, 0.15) is 18.4 Å². The van der Waals surface area contributed by atoms with E-state index < -0.39 is 34.6 Å². The summed E-state index contributed by atoms with van der Waals surface area (Å²) in [5.74, 6) is -2.20. The van der Waals surface area contributed by atoms with Gasteiger partial charge in [-0.05, 0) is 43.5 Å². The Labute approximate surface area is 407 Å². The Hall–Kier alpha value is -5.05. The van der Waals surface area contributed by atoms with Crippen molar-refractivity contribution in [3.63, 3.8) is 0 Å². The van der Waals surface area contributed by atoms with E-state index in [1.807, 2.05) is 0 Å². The van der Waals surface area contributed by atoms with E-state index >= 15 is 0 Å². The lowest BCUT2D eigenvalue weighted by Gasteiger charge is -2.27. The van der Waals surface area contributed by atoms with E-state index in [0.29, 0.717) is 164 Å². The number of rotatable bonds is 43. The van der Waals surface area contributed by atoms with Crippen LogP contribution in [0.4, 0.5) is 11.4 Å². The lowest BCUT2D eigenvalue weighted by atomic mass is 10.0. The molecule has 0 aliphatic carbocycles. The lowest BCUT2D eigenvalue weighted by Crippen LogP contribution is -2.54. The second-order valence-corrected chi connectivity index (χ2v) is 15.4. The van der Waals surface area contributed by atoms with Crippen molar-refractivity contribution in [2.24, 2.45) is 0 Å². The minimum absolute atomic E-state index is 0.0146. The minimum atomic E-state index is -1.08. The zero-order chi connectivity index (χ0) is 49.9. The van der Waals surface area contributed by atoms with Gasteiger partial charge in [-0.15, -0.1) is 0 Å². The quantitative estimate of drug-likeness (QED) is 0.0419. The van der Waals surface area contributed by atoms with Crippen molar-refractivity contribution < 1.29 is 85.7 Å². The van der Waals surface area contributed by atoms with Gasteiger partial charge in [0, 0.05) is 31.6 Å². The van der Waals surface area contributed by atoms with Crippen LogP contribution in [0.25, 0.3) is 0 Å². The molecule has 2 aromatic carbocycles. The number of ether oxygens (including phenoxy) is 12. The molecule has 2 N–H and O–H groups in total. The van der Waals surface area contributed by atoms with Gasteiger partial charge in [-0.2, -0.15) is 0 Å². The van der Waals surface area contributed by atoms with Crippen LogP contribution in [0.5, 0.6) is 5.75 Å². The highest BCUT2D eigenvalue weighted by Gasteiger charge is 2.45. The maximum absolute atomic E-state index is 13.2. The summed E-state index contributed by atoms with van der Waals surface area (Å²) in [7, 11) is 0. The number of nitrogens with zero attached hydrogens (tertiary/aromatic N) is 2. The highest BCUT2D eigenvalue weighted by molar-refractivity contribution is 6.26. The SMILES string of the molecule is O=C1CCC(N2C(=O)c3cccc(NC(=O)CCCCCOCCOCCOCCOCCOCCOCCOCCOCCOCCOCCOCCOc4ccc([N+](=O)[O-])cc4)c3C2=O)C(=O)N1. The summed E-state index contributed by atoms with van der Waals surface area (Å²) in [6.07, 6.45) is 2.40. The number of piperidine rings is 1. The number of carbonyl (C=O) groups excluding carboxylic acids is 5. The molecule has 2 aliphatic heterocycles. The molecular formula is C47H68N4O19. The van der Waals surface area contributed by atoms with E-state index in [1.165, 1.54) is 18.2 Å². The largest absolute Gasteiger partial charge is 0.491 e. The third-order valence-electron chi connectivity index (χ3n) is 10.2. The molecule has 70 heavy (non-hydrogen) atoms. The molecule has 4 rings (SSSR count). The van der Waals surface area contributed by atoms with E-state index in [1.54, 1.807) is 24.3 Å². The summed E-state index contributed by atoms with van der Waals surface area (Å²) >= 11 is 0. The molecule has 23 heteroatoms. The van der Waals surface area contributed by atoms with Crippen LogP contribution in [0.1, 0.15) is 59.2 Å². The third-order valence-corrected chi connectivity index (χ3v) is 10.2. The van der Waals surface area contributed by atoms with Crippen LogP contribution in [-0.2, 0) is 66.5 Å². The number of imide groups is 2. The number of benzene rings is 2. The first-order valence-electron chi connectivity index (χ1n) is 23.6. The van der Waals surface area contributed by atoms with E-state index in [9.17, 15) is 34.1 Å². The fourth-order valence-corrected chi connectivity index (χ4v) is 6.68. The fourth-order valence-electron chi connectivity index (χ4n) is 6.68. The molecule has 1 atom stereocenters. The Bertz CT molecular complexity index is 1860. The van der Waals surface area contributed by atoms with Crippen molar-refractivity contribution in [1.82, 2.24) is 10.2 Å². The van der Waals surface area contributed by atoms with Crippen LogP contribution in [-0.4, -0.2) is 197 Å². The number of unbranched alkanes of at least 4 members (excludes halogenated alkanes) is 2. The van der Waals surface area contributed by atoms with Gasteiger partial charge in [0.25, 0.3) is 17.5 Å². The van der Waals surface area contributed by atoms with Gasteiger partial charge < -0.3 is 62.2 Å². The summed E-state index contributed by atoms with van der Waals surface area (Å²) in [4.78, 5) is 73.9. The van der Waals surface area contributed by atoms with Crippen LogP contribution in [0.3, 0.4) is 0 Å². The Morgan fingerprint density at radius 2 is 1.01 bits per heavy atom. The smallest absolute Gasteiger partial charge is 0.269 e. The van der Waals surface area contributed by atoms with Gasteiger partial charge in [-0.25, -0.2) is 0 Å². The van der Waals surface area contributed by atoms with Gasteiger partial charge >= 0.3 is 0 Å². The van der Waals surface area contributed by atoms with Crippen LogP contribution in [0.15, 0.2) is 42.5 Å². The van der Waals surface area contributed by atoms with Gasteiger partial charge in [-0.3, -0.25) is 44.3 Å². The number of hydrogen-bond donors (Lipinski definition) is 2. The molecule has 0 aromatic heterocycles. The Morgan fingerprint density at radius 3 is 1.46 bits per heavy atom. The number of hydrogen-bond acceptors (Lipinski definition) is 19. The number of carbonyl (C=O) groups is 5. The number of nitrogens with one attached hydrogen (secondary N) is 2. The summed E-state index contributed by atoms with van der Waals surface area (Å²) in [6, 6.07) is 9.39. The first-order valence-corrected chi connectivity index (χ1v) is 23.6. The maximum Gasteiger partial charge on any atom is 0.269 e. The van der Waals surface area contributed by atoms with Crippen molar-refractivity contribution in [2.45, 2.75) is 44.6 Å². The first kappa shape index (κ1) is 57.5. The number of amides is 5. The van der Waals surface area contributed by atoms with E-state index in [4.69, 9.17) is 56.8 Å². The van der Waals surface area contributed by atoms with Crippen molar-refractivity contribution in [3.8, 4) is 5.75 Å². The Balaban J connectivity index is 0.790. The molecular weight excluding hydrogens is 925 g/mol. The second-order valence-electron chi connectivity index (χ2n) is 15.4. The highest BCUT2D eigenvalue weighted by atomic mass is 16.6. The molecule has 0 bridgehead atoms. The normalized spacial score (nSPS) is 14.6. The molecule has 0 saturated carbocycles. The molecule has 1 unspecified atom stereocenters. The summed E-state index contributed by atoms with van der Waals surface area (Å²) in [5.41, 5.74) is 0.378. The van der Waals surface area contributed by atoms with Crippen molar-refractivity contribution in [3.05, 3.63) is 63.7 Å². The minimum Gasteiger partial charge on any atom is -0.491 e. The molecule has 23 nitrogen and oxygen atoms in total. The molecule has 2 heterocycles. The van der Waals surface area contributed by atoms with Gasteiger partial charge in [0.15, 0.2) is 0 Å². The average molecular weight is 993 g/mol. The Kier molecular flexibility index (Phi) is 29.6. The van der Waals surface area contributed by atoms with E-state index in [0.717, 1.165) is 17.7 Å². The summed E-state index contributed by atoms with van der Waals surface area (Å²) < 4.78 is 66.0. The number of non-ortho nitro benzene ring substituents is 1. The van der Waals surface area contributed by atoms with E-state index in [2.05, 4.69) is 10.6 Å². The topological polar surface area (TPSA) is 267 Å². The van der Waals surface area contributed by atoms with Crippen molar-refractivity contribution >= 4 is 40.9 Å². The maximum atomic E-state index is 13.2. The molecule has 2 aromatic rings. The summed E-state index contributed by atoms with van der Waals surface area (Å²) in [6.45, 7) is 10.1. The third kappa shape index (κ3) is 23.2. The van der Waals surface area contributed by atoms with Gasteiger partial charge in [0.05, 0.1) is 160 Å². The van der Waals surface area contributed by atoms with Gasteiger partial charge in [-0.1, -0.05) is 12.5 Å².